The summed E-state index contributed by atoms with van der Waals surface area (Å²) in [5.74, 6) is 0.829. The lowest BCUT2D eigenvalue weighted by Gasteiger charge is -2.20. The minimum absolute atomic E-state index is 0.0849. The molecule has 0 aliphatic rings. The van der Waals surface area contributed by atoms with E-state index in [1.54, 1.807) is 16.9 Å². The van der Waals surface area contributed by atoms with Crippen molar-refractivity contribution in [2.75, 3.05) is 18.5 Å². The summed E-state index contributed by atoms with van der Waals surface area (Å²) in [6, 6.07) is 0.0849. The molecular formula is C8H13N7. The molecule has 0 fully saturated rings. The van der Waals surface area contributed by atoms with Crippen LogP contribution >= 0.6 is 0 Å². The lowest BCUT2D eigenvalue weighted by molar-refractivity contribution is 0.695. The van der Waals surface area contributed by atoms with Crippen molar-refractivity contribution in [3.63, 3.8) is 0 Å². The molecule has 0 aliphatic carbocycles. The number of rotatable bonds is 3. The summed E-state index contributed by atoms with van der Waals surface area (Å²) in [5, 5.41) is 11.3. The predicted octanol–water partition coefficient (Wildman–Crippen LogP) is -0.697. The Morgan fingerprint density at radius 3 is 3.07 bits per heavy atom. The first kappa shape index (κ1) is 9.78. The first-order chi connectivity index (χ1) is 7.18. The van der Waals surface area contributed by atoms with Crippen LogP contribution in [-0.2, 0) is 0 Å². The van der Waals surface area contributed by atoms with Crippen LogP contribution in [0.5, 0.6) is 0 Å². The second-order valence-electron chi connectivity index (χ2n) is 3.57. The van der Waals surface area contributed by atoms with Crippen LogP contribution in [0.1, 0.15) is 6.92 Å². The zero-order chi connectivity index (χ0) is 10.8. The van der Waals surface area contributed by atoms with E-state index >= 15 is 0 Å². The number of anilines is 1. The van der Waals surface area contributed by atoms with Gasteiger partial charge < -0.3 is 10.6 Å². The largest absolute Gasteiger partial charge is 0.357 e. The van der Waals surface area contributed by atoms with Crippen LogP contribution in [0.25, 0.3) is 5.65 Å². The number of hydrogen-bond donors (Lipinski definition) is 1. The standard InChI is InChI=1S/C8H13N7/c1-6(9)5-14(2)8-4-10-3-7-11-12-13-15(7)8/h3-4,6H,5,9H2,1-2H3. The lowest BCUT2D eigenvalue weighted by Crippen LogP contribution is -2.33. The average molecular weight is 207 g/mol. The van der Waals surface area contributed by atoms with Gasteiger partial charge in [-0.3, -0.25) is 4.98 Å². The summed E-state index contributed by atoms with van der Waals surface area (Å²) in [7, 11) is 1.93. The van der Waals surface area contributed by atoms with Crippen molar-refractivity contribution < 1.29 is 0 Å². The summed E-state index contributed by atoms with van der Waals surface area (Å²) < 4.78 is 1.63. The normalized spacial score (nSPS) is 13.0. The van der Waals surface area contributed by atoms with Crippen molar-refractivity contribution >= 4 is 11.5 Å². The molecule has 7 heteroatoms. The lowest BCUT2D eigenvalue weighted by atomic mass is 10.3. The molecule has 0 aromatic carbocycles. The second-order valence-corrected chi connectivity index (χ2v) is 3.57. The van der Waals surface area contributed by atoms with E-state index in [-0.39, 0.29) is 6.04 Å². The van der Waals surface area contributed by atoms with Gasteiger partial charge in [0.25, 0.3) is 0 Å². The van der Waals surface area contributed by atoms with E-state index in [1.807, 2.05) is 18.9 Å². The molecule has 7 nitrogen and oxygen atoms in total. The van der Waals surface area contributed by atoms with E-state index in [0.717, 1.165) is 12.4 Å². The monoisotopic (exact) mass is 207 g/mol. The third-order valence-corrected chi connectivity index (χ3v) is 2.04. The average Bonchev–Trinajstić information content (AvgIpc) is 2.63. The summed E-state index contributed by atoms with van der Waals surface area (Å²) in [6.45, 7) is 2.67. The van der Waals surface area contributed by atoms with Crippen LogP contribution < -0.4 is 10.6 Å². The zero-order valence-electron chi connectivity index (χ0n) is 8.70. The fourth-order valence-electron chi connectivity index (χ4n) is 1.45. The van der Waals surface area contributed by atoms with Crippen molar-refractivity contribution in [2.45, 2.75) is 13.0 Å². The van der Waals surface area contributed by atoms with E-state index in [9.17, 15) is 0 Å². The predicted molar refractivity (Wildman–Crippen MR) is 55.5 cm³/mol. The Balaban J connectivity index is 2.38. The minimum atomic E-state index is 0.0849. The molecule has 2 aromatic heterocycles. The molecule has 2 rings (SSSR count). The Morgan fingerprint density at radius 1 is 1.53 bits per heavy atom. The molecular weight excluding hydrogens is 194 g/mol. The van der Waals surface area contributed by atoms with E-state index in [1.165, 1.54) is 0 Å². The van der Waals surface area contributed by atoms with Crippen LogP contribution in [0, 0.1) is 0 Å². The Labute approximate surface area is 86.9 Å². The van der Waals surface area contributed by atoms with Crippen LogP contribution in [0.4, 0.5) is 5.82 Å². The van der Waals surface area contributed by atoms with Gasteiger partial charge in [0.1, 0.15) is 0 Å². The van der Waals surface area contributed by atoms with Crippen LogP contribution in [0.2, 0.25) is 0 Å². The number of likely N-dealkylation sites (N-methyl/N-ethyl adjacent to an activating group) is 1. The molecule has 1 atom stereocenters. The van der Waals surface area contributed by atoms with Crippen LogP contribution in [0.3, 0.4) is 0 Å². The summed E-state index contributed by atoms with van der Waals surface area (Å²) in [5.41, 5.74) is 6.36. The molecule has 2 N–H and O–H groups in total. The van der Waals surface area contributed by atoms with E-state index in [2.05, 4.69) is 20.5 Å². The van der Waals surface area contributed by atoms with Gasteiger partial charge in [-0.1, -0.05) is 0 Å². The van der Waals surface area contributed by atoms with Gasteiger partial charge in [0.05, 0.1) is 12.4 Å². The highest BCUT2D eigenvalue weighted by Gasteiger charge is 2.09. The Kier molecular flexibility index (Phi) is 2.46. The Bertz CT molecular complexity index is 449. The van der Waals surface area contributed by atoms with E-state index < -0.39 is 0 Å². The number of tetrazole rings is 1. The van der Waals surface area contributed by atoms with Gasteiger partial charge in [-0.25, -0.2) is 0 Å². The van der Waals surface area contributed by atoms with E-state index in [0.29, 0.717) is 5.65 Å². The Morgan fingerprint density at radius 2 is 2.33 bits per heavy atom. The second kappa shape index (κ2) is 3.77. The molecule has 0 bridgehead atoms. The SMILES string of the molecule is CC(N)CN(C)c1cncc2nnnn12. The Hall–Kier alpha value is -1.76. The fraction of sp³-hybridized carbons (Fsp3) is 0.500. The third kappa shape index (κ3) is 1.86. The van der Waals surface area contributed by atoms with Crippen LogP contribution in [0.15, 0.2) is 12.4 Å². The maximum Gasteiger partial charge on any atom is 0.199 e. The van der Waals surface area contributed by atoms with Gasteiger partial charge in [-0.2, -0.15) is 4.52 Å². The van der Waals surface area contributed by atoms with Crippen molar-refractivity contribution in [1.82, 2.24) is 25.0 Å². The molecule has 2 aromatic rings. The third-order valence-electron chi connectivity index (χ3n) is 2.04. The van der Waals surface area contributed by atoms with Gasteiger partial charge in [-0.05, 0) is 17.4 Å². The molecule has 15 heavy (non-hydrogen) atoms. The van der Waals surface area contributed by atoms with Crippen molar-refractivity contribution in [1.29, 1.82) is 0 Å². The van der Waals surface area contributed by atoms with Gasteiger partial charge in [0, 0.05) is 19.6 Å². The number of nitrogens with zero attached hydrogens (tertiary/aromatic N) is 6. The topological polar surface area (TPSA) is 85.2 Å². The molecule has 2 heterocycles. The van der Waals surface area contributed by atoms with Crippen molar-refractivity contribution in [2.24, 2.45) is 5.73 Å². The van der Waals surface area contributed by atoms with Gasteiger partial charge in [-0.15, -0.1) is 5.10 Å². The number of fused-ring (bicyclic) bond motifs is 1. The number of nitrogens with two attached hydrogens (primary N) is 1. The highest BCUT2D eigenvalue weighted by molar-refractivity contribution is 5.45. The molecule has 0 amide bonds. The fourth-order valence-corrected chi connectivity index (χ4v) is 1.45. The molecule has 0 radical (unpaired) electrons. The molecule has 80 valence electrons. The number of aromatic nitrogens is 5. The van der Waals surface area contributed by atoms with Crippen LogP contribution in [-0.4, -0.2) is 44.7 Å². The quantitative estimate of drug-likeness (QED) is 0.716. The number of hydrogen-bond acceptors (Lipinski definition) is 6. The highest BCUT2D eigenvalue weighted by Crippen LogP contribution is 2.10. The summed E-state index contributed by atoms with van der Waals surface area (Å²) in [4.78, 5) is 6.04. The molecule has 0 saturated carbocycles. The maximum absolute atomic E-state index is 5.73. The summed E-state index contributed by atoms with van der Waals surface area (Å²) in [6.07, 6.45) is 3.33. The highest BCUT2D eigenvalue weighted by atomic mass is 15.5. The zero-order valence-corrected chi connectivity index (χ0v) is 8.70. The molecule has 0 saturated heterocycles. The van der Waals surface area contributed by atoms with Crippen molar-refractivity contribution in [3.8, 4) is 0 Å². The van der Waals surface area contributed by atoms with Gasteiger partial charge >= 0.3 is 0 Å². The molecule has 0 aliphatic heterocycles. The smallest absolute Gasteiger partial charge is 0.199 e. The molecule has 1 unspecified atom stereocenters. The van der Waals surface area contributed by atoms with Crippen molar-refractivity contribution in [3.05, 3.63) is 12.4 Å². The van der Waals surface area contributed by atoms with Gasteiger partial charge in [0.15, 0.2) is 11.5 Å². The van der Waals surface area contributed by atoms with E-state index in [4.69, 9.17) is 5.73 Å². The van der Waals surface area contributed by atoms with Gasteiger partial charge in [0.2, 0.25) is 0 Å². The minimum Gasteiger partial charge on any atom is -0.357 e. The first-order valence-corrected chi connectivity index (χ1v) is 4.67. The first-order valence-electron chi connectivity index (χ1n) is 4.67. The molecule has 0 spiro atoms. The maximum atomic E-state index is 5.73. The summed E-state index contributed by atoms with van der Waals surface area (Å²) >= 11 is 0.